The van der Waals surface area contributed by atoms with E-state index in [1.54, 1.807) is 37.0 Å². The summed E-state index contributed by atoms with van der Waals surface area (Å²) in [5.74, 6) is -0.247. The Labute approximate surface area is 139 Å². The van der Waals surface area contributed by atoms with Crippen LogP contribution in [0.25, 0.3) is 0 Å². The van der Waals surface area contributed by atoms with Crippen LogP contribution < -0.4 is 0 Å². The van der Waals surface area contributed by atoms with Crippen LogP contribution >= 0.6 is 0 Å². The molecule has 0 N–H and O–H groups in total. The number of hydrogen-bond acceptors (Lipinski definition) is 3. The van der Waals surface area contributed by atoms with Crippen molar-refractivity contribution in [2.24, 2.45) is 0 Å². The van der Waals surface area contributed by atoms with Gasteiger partial charge in [0.1, 0.15) is 0 Å². The quantitative estimate of drug-likeness (QED) is 0.718. The van der Waals surface area contributed by atoms with Gasteiger partial charge in [-0.3, -0.25) is 4.79 Å². The van der Waals surface area contributed by atoms with Crippen LogP contribution in [0.15, 0.2) is 42.3 Å². The second kappa shape index (κ2) is 7.57. The van der Waals surface area contributed by atoms with Crippen molar-refractivity contribution < 1.29 is 13.2 Å². The van der Waals surface area contributed by atoms with Crippen molar-refractivity contribution in [3.63, 3.8) is 0 Å². The van der Waals surface area contributed by atoms with Crippen molar-refractivity contribution >= 4 is 15.9 Å². The van der Waals surface area contributed by atoms with E-state index in [4.69, 9.17) is 0 Å². The van der Waals surface area contributed by atoms with E-state index in [1.165, 1.54) is 20.2 Å². The molecule has 5 nitrogen and oxygen atoms in total. The maximum atomic E-state index is 12.7. The first kappa shape index (κ1) is 19.1. The Bertz CT molecular complexity index is 712. The van der Waals surface area contributed by atoms with Crippen molar-refractivity contribution in [3.8, 4) is 0 Å². The highest BCUT2D eigenvalue weighted by Crippen LogP contribution is 2.24. The summed E-state index contributed by atoms with van der Waals surface area (Å²) < 4.78 is 26.1. The largest absolute Gasteiger partial charge is 0.331 e. The van der Waals surface area contributed by atoms with Crippen molar-refractivity contribution in [3.05, 3.63) is 54.1 Å². The summed E-state index contributed by atoms with van der Waals surface area (Å²) in [6, 6.07) is 3.16. The van der Waals surface area contributed by atoms with Crippen LogP contribution in [0, 0.1) is 13.8 Å². The van der Waals surface area contributed by atoms with Gasteiger partial charge in [-0.1, -0.05) is 12.2 Å². The van der Waals surface area contributed by atoms with Crippen molar-refractivity contribution in [2.45, 2.75) is 18.7 Å². The molecule has 0 unspecified atom stereocenters. The molecule has 0 aromatic heterocycles. The van der Waals surface area contributed by atoms with Crippen LogP contribution in [0.3, 0.4) is 0 Å². The monoisotopic (exact) mass is 336 g/mol. The summed E-state index contributed by atoms with van der Waals surface area (Å²) in [7, 11) is -0.669. The van der Waals surface area contributed by atoms with Gasteiger partial charge < -0.3 is 4.90 Å². The summed E-state index contributed by atoms with van der Waals surface area (Å²) in [5.41, 5.74) is 1.75. The second-order valence-corrected chi connectivity index (χ2v) is 7.61. The average molecular weight is 336 g/mol. The molecule has 0 aliphatic heterocycles. The SMILES string of the molecule is C=CCN(CC=C)C(=O)c1cc(C)c(C)c(S(=O)(=O)N(C)C)c1. The number of rotatable bonds is 7. The van der Waals surface area contributed by atoms with E-state index < -0.39 is 10.0 Å². The van der Waals surface area contributed by atoms with Crippen LogP contribution in [0.5, 0.6) is 0 Å². The lowest BCUT2D eigenvalue weighted by atomic mass is 10.1. The van der Waals surface area contributed by atoms with Gasteiger partial charge in [0.25, 0.3) is 5.91 Å². The van der Waals surface area contributed by atoms with Crippen LogP contribution in [-0.4, -0.2) is 50.7 Å². The van der Waals surface area contributed by atoms with Crippen LogP contribution in [-0.2, 0) is 10.0 Å². The van der Waals surface area contributed by atoms with Gasteiger partial charge in [-0.15, -0.1) is 13.2 Å². The molecule has 0 saturated heterocycles. The highest BCUT2D eigenvalue weighted by molar-refractivity contribution is 7.89. The van der Waals surface area contributed by atoms with E-state index in [-0.39, 0.29) is 10.8 Å². The Kier molecular flexibility index (Phi) is 6.29. The van der Waals surface area contributed by atoms with Crippen molar-refractivity contribution in [1.82, 2.24) is 9.21 Å². The number of sulfonamides is 1. The zero-order valence-electron chi connectivity index (χ0n) is 14.2. The zero-order chi connectivity index (χ0) is 17.8. The first-order chi connectivity index (χ1) is 10.7. The van der Waals surface area contributed by atoms with Gasteiger partial charge in [0.2, 0.25) is 10.0 Å². The second-order valence-electron chi connectivity index (χ2n) is 5.49. The minimum Gasteiger partial charge on any atom is -0.331 e. The molecule has 0 fully saturated rings. The maximum absolute atomic E-state index is 12.7. The zero-order valence-corrected chi connectivity index (χ0v) is 15.0. The molecular weight excluding hydrogens is 312 g/mol. The molecule has 1 amide bonds. The summed E-state index contributed by atoms with van der Waals surface area (Å²) in [6.45, 7) is 11.6. The van der Waals surface area contributed by atoms with E-state index >= 15 is 0 Å². The third kappa shape index (κ3) is 4.09. The first-order valence-corrected chi connectivity index (χ1v) is 8.65. The standard InChI is InChI=1S/C17H24N2O3S/c1-7-9-19(10-8-2)17(20)15-11-13(3)14(4)16(12-15)23(21,22)18(5)6/h7-8,11-12H,1-2,9-10H2,3-6H3. The molecule has 0 heterocycles. The summed E-state index contributed by atoms with van der Waals surface area (Å²) in [5, 5.41) is 0. The summed E-state index contributed by atoms with van der Waals surface area (Å²) in [4.78, 5) is 14.4. The molecule has 0 spiro atoms. The van der Waals surface area contributed by atoms with Gasteiger partial charge in [0.15, 0.2) is 0 Å². The number of nitrogens with zero attached hydrogens (tertiary/aromatic N) is 2. The number of amides is 1. The highest BCUT2D eigenvalue weighted by Gasteiger charge is 2.24. The van der Waals surface area contributed by atoms with Crippen LogP contribution in [0.4, 0.5) is 0 Å². The minimum absolute atomic E-state index is 0.156. The molecule has 0 bridgehead atoms. The molecule has 1 aromatic rings. The molecule has 0 aliphatic carbocycles. The smallest absolute Gasteiger partial charge is 0.254 e. The molecule has 0 radical (unpaired) electrons. The van der Waals surface area contributed by atoms with Gasteiger partial charge >= 0.3 is 0 Å². The van der Waals surface area contributed by atoms with E-state index in [9.17, 15) is 13.2 Å². The normalized spacial score (nSPS) is 11.3. The van der Waals surface area contributed by atoms with E-state index in [0.29, 0.717) is 24.2 Å². The maximum Gasteiger partial charge on any atom is 0.254 e. The van der Waals surface area contributed by atoms with Gasteiger partial charge in [0, 0.05) is 32.7 Å². The van der Waals surface area contributed by atoms with Gasteiger partial charge in [-0.05, 0) is 37.1 Å². The van der Waals surface area contributed by atoms with Crippen molar-refractivity contribution in [1.29, 1.82) is 0 Å². The molecule has 0 saturated carbocycles. The number of carbonyl (C=O) groups excluding carboxylic acids is 1. The number of hydrogen-bond donors (Lipinski definition) is 0. The molecule has 0 atom stereocenters. The third-order valence-corrected chi connectivity index (χ3v) is 5.55. The predicted octanol–water partition coefficient (Wildman–Crippen LogP) is 2.37. The summed E-state index contributed by atoms with van der Waals surface area (Å²) in [6.07, 6.45) is 3.25. The number of benzene rings is 1. The summed E-state index contributed by atoms with van der Waals surface area (Å²) >= 11 is 0. The molecular formula is C17H24N2O3S. The fourth-order valence-electron chi connectivity index (χ4n) is 2.15. The highest BCUT2D eigenvalue weighted by atomic mass is 32.2. The van der Waals surface area contributed by atoms with E-state index in [0.717, 1.165) is 9.87 Å². The molecule has 1 rings (SSSR count). The molecule has 126 valence electrons. The molecule has 6 heteroatoms. The van der Waals surface area contributed by atoms with Crippen LogP contribution in [0.1, 0.15) is 21.5 Å². The Morgan fingerprint density at radius 3 is 2.09 bits per heavy atom. The fraction of sp³-hybridized carbons (Fsp3) is 0.353. The first-order valence-electron chi connectivity index (χ1n) is 7.21. The topological polar surface area (TPSA) is 57.7 Å². The van der Waals surface area contributed by atoms with E-state index in [2.05, 4.69) is 13.2 Å². The van der Waals surface area contributed by atoms with Crippen LogP contribution in [0.2, 0.25) is 0 Å². The Hall–Kier alpha value is -1.92. The molecule has 0 aliphatic rings. The Morgan fingerprint density at radius 1 is 1.13 bits per heavy atom. The fourth-order valence-corrected chi connectivity index (χ4v) is 3.37. The van der Waals surface area contributed by atoms with E-state index in [1.807, 2.05) is 0 Å². The average Bonchev–Trinajstić information content (AvgIpc) is 2.48. The van der Waals surface area contributed by atoms with Crippen molar-refractivity contribution in [2.75, 3.05) is 27.2 Å². The Balaban J connectivity index is 3.45. The third-order valence-electron chi connectivity index (χ3n) is 3.61. The number of carbonyl (C=O) groups is 1. The lowest BCUT2D eigenvalue weighted by molar-refractivity contribution is 0.0790. The van der Waals surface area contributed by atoms with Gasteiger partial charge in [0.05, 0.1) is 4.90 Å². The number of aryl methyl sites for hydroxylation is 1. The lowest BCUT2D eigenvalue weighted by Gasteiger charge is -2.21. The molecule has 1 aromatic carbocycles. The molecule has 23 heavy (non-hydrogen) atoms. The van der Waals surface area contributed by atoms with Gasteiger partial charge in [-0.25, -0.2) is 12.7 Å². The predicted molar refractivity (Wildman–Crippen MR) is 93.1 cm³/mol. The lowest BCUT2D eigenvalue weighted by Crippen LogP contribution is -2.32. The van der Waals surface area contributed by atoms with Gasteiger partial charge in [-0.2, -0.15) is 0 Å². The Morgan fingerprint density at radius 2 is 1.65 bits per heavy atom. The minimum atomic E-state index is -3.61.